The second-order valence-corrected chi connectivity index (χ2v) is 5.59. The van der Waals surface area contributed by atoms with Crippen LogP contribution in [0, 0.1) is 0 Å². The second kappa shape index (κ2) is 6.24. The van der Waals surface area contributed by atoms with Crippen LogP contribution in [0.3, 0.4) is 0 Å². The normalized spacial score (nSPS) is 22.9. The van der Waals surface area contributed by atoms with Crippen LogP contribution in [0.5, 0.6) is 0 Å². The minimum absolute atomic E-state index is 0.638. The molecular weight excluding hydrogens is 220 g/mol. The van der Waals surface area contributed by atoms with Crippen LogP contribution in [0.15, 0.2) is 24.3 Å². The van der Waals surface area contributed by atoms with Gasteiger partial charge in [0.25, 0.3) is 0 Å². The van der Waals surface area contributed by atoms with Gasteiger partial charge in [0.15, 0.2) is 0 Å². The van der Waals surface area contributed by atoms with E-state index >= 15 is 0 Å². The molecule has 0 amide bonds. The number of piperidine rings is 1. The van der Waals surface area contributed by atoms with Gasteiger partial charge >= 0.3 is 0 Å². The van der Waals surface area contributed by atoms with Gasteiger partial charge in [0.05, 0.1) is 0 Å². The molecule has 0 aromatic heterocycles. The molecule has 2 nitrogen and oxygen atoms in total. The molecule has 0 saturated carbocycles. The van der Waals surface area contributed by atoms with E-state index in [4.69, 9.17) is 5.73 Å². The molecule has 0 radical (unpaired) electrons. The molecule has 0 spiro atoms. The maximum atomic E-state index is 5.73. The third kappa shape index (κ3) is 3.26. The Morgan fingerprint density at radius 3 is 2.67 bits per heavy atom. The molecule has 1 saturated heterocycles. The zero-order chi connectivity index (χ0) is 13.0. The van der Waals surface area contributed by atoms with Crippen molar-refractivity contribution in [1.82, 2.24) is 4.90 Å². The highest BCUT2D eigenvalue weighted by Gasteiger charge is 2.24. The van der Waals surface area contributed by atoms with Gasteiger partial charge in [-0.25, -0.2) is 0 Å². The predicted molar refractivity (Wildman–Crippen MR) is 78.7 cm³/mol. The van der Waals surface area contributed by atoms with Crippen molar-refractivity contribution in [2.45, 2.75) is 58.0 Å². The van der Waals surface area contributed by atoms with E-state index in [9.17, 15) is 0 Å². The molecule has 2 atom stereocenters. The third-order valence-electron chi connectivity index (χ3n) is 4.22. The van der Waals surface area contributed by atoms with Gasteiger partial charge in [-0.15, -0.1) is 0 Å². The number of hydrogen-bond donors (Lipinski definition) is 1. The molecule has 1 aliphatic heterocycles. The average Bonchev–Trinajstić information content (AvgIpc) is 2.41. The molecular formula is C16H26N2. The molecule has 0 bridgehead atoms. The van der Waals surface area contributed by atoms with Gasteiger partial charge in [-0.2, -0.15) is 0 Å². The van der Waals surface area contributed by atoms with E-state index in [0.717, 1.165) is 18.2 Å². The minimum atomic E-state index is 0.638. The lowest BCUT2D eigenvalue weighted by Crippen LogP contribution is -2.45. The lowest BCUT2D eigenvalue weighted by molar-refractivity contribution is 0.1000. The van der Waals surface area contributed by atoms with Gasteiger partial charge in [-0.3, -0.25) is 4.90 Å². The zero-order valence-corrected chi connectivity index (χ0v) is 11.7. The molecule has 1 aromatic rings. The second-order valence-electron chi connectivity index (χ2n) is 5.59. The van der Waals surface area contributed by atoms with E-state index < -0.39 is 0 Å². The van der Waals surface area contributed by atoms with Crippen molar-refractivity contribution in [2.24, 2.45) is 0 Å². The Hall–Kier alpha value is -1.02. The Morgan fingerprint density at radius 1 is 1.28 bits per heavy atom. The monoisotopic (exact) mass is 246 g/mol. The van der Waals surface area contributed by atoms with Crippen LogP contribution >= 0.6 is 0 Å². The predicted octanol–water partition coefficient (Wildman–Crippen LogP) is 3.46. The summed E-state index contributed by atoms with van der Waals surface area (Å²) in [6.07, 6.45) is 6.57. The van der Waals surface area contributed by atoms with Crippen molar-refractivity contribution in [3.8, 4) is 0 Å². The first-order valence-corrected chi connectivity index (χ1v) is 7.31. The van der Waals surface area contributed by atoms with Crippen molar-refractivity contribution in [3.63, 3.8) is 0 Å². The topological polar surface area (TPSA) is 29.3 Å². The molecule has 18 heavy (non-hydrogen) atoms. The Morgan fingerprint density at radius 2 is 2.00 bits per heavy atom. The average molecular weight is 246 g/mol. The lowest BCUT2D eigenvalue weighted by Gasteiger charge is -2.39. The molecule has 2 unspecified atom stereocenters. The first kappa shape index (κ1) is 13.4. The SMILES string of the molecule is CCC1CCCCN1C(C)Cc1ccc(N)cc1. The summed E-state index contributed by atoms with van der Waals surface area (Å²) in [6.45, 7) is 5.96. The Bertz CT molecular complexity index is 358. The molecule has 1 fully saturated rings. The summed E-state index contributed by atoms with van der Waals surface area (Å²) < 4.78 is 0. The number of likely N-dealkylation sites (tertiary alicyclic amines) is 1. The molecule has 2 rings (SSSR count). The fourth-order valence-electron chi connectivity index (χ4n) is 3.15. The molecule has 1 heterocycles. The van der Waals surface area contributed by atoms with Crippen molar-refractivity contribution >= 4 is 5.69 Å². The van der Waals surface area contributed by atoms with Gasteiger partial charge < -0.3 is 5.73 Å². The number of rotatable bonds is 4. The van der Waals surface area contributed by atoms with Crippen LogP contribution in [0.4, 0.5) is 5.69 Å². The van der Waals surface area contributed by atoms with E-state index in [-0.39, 0.29) is 0 Å². The Kier molecular flexibility index (Phi) is 4.65. The number of nitrogen functional groups attached to an aromatic ring is 1. The summed E-state index contributed by atoms with van der Waals surface area (Å²) in [6, 6.07) is 9.78. The highest BCUT2D eigenvalue weighted by Crippen LogP contribution is 2.23. The van der Waals surface area contributed by atoms with Crippen LogP contribution in [0.25, 0.3) is 0 Å². The summed E-state index contributed by atoms with van der Waals surface area (Å²) in [4.78, 5) is 2.71. The van der Waals surface area contributed by atoms with Gasteiger partial charge in [0.1, 0.15) is 0 Å². The molecule has 1 aliphatic rings. The third-order valence-corrected chi connectivity index (χ3v) is 4.22. The quantitative estimate of drug-likeness (QED) is 0.824. The number of nitrogens with two attached hydrogens (primary N) is 1. The maximum absolute atomic E-state index is 5.73. The number of nitrogens with zero attached hydrogens (tertiary/aromatic N) is 1. The highest BCUT2D eigenvalue weighted by atomic mass is 15.2. The first-order chi connectivity index (χ1) is 8.70. The lowest BCUT2D eigenvalue weighted by atomic mass is 9.96. The molecule has 2 heteroatoms. The first-order valence-electron chi connectivity index (χ1n) is 7.31. The fraction of sp³-hybridized carbons (Fsp3) is 0.625. The largest absolute Gasteiger partial charge is 0.399 e. The maximum Gasteiger partial charge on any atom is 0.0314 e. The number of anilines is 1. The minimum Gasteiger partial charge on any atom is -0.399 e. The highest BCUT2D eigenvalue weighted by molar-refractivity contribution is 5.39. The molecule has 1 aromatic carbocycles. The number of benzene rings is 1. The van der Waals surface area contributed by atoms with Gasteiger partial charge in [0.2, 0.25) is 0 Å². The molecule has 0 aliphatic carbocycles. The van der Waals surface area contributed by atoms with E-state index in [2.05, 4.69) is 30.9 Å². The van der Waals surface area contributed by atoms with Crippen LogP contribution in [0.1, 0.15) is 45.1 Å². The van der Waals surface area contributed by atoms with Gasteiger partial charge in [-0.1, -0.05) is 25.5 Å². The molecule has 100 valence electrons. The van der Waals surface area contributed by atoms with Crippen molar-refractivity contribution in [2.75, 3.05) is 12.3 Å². The van der Waals surface area contributed by atoms with Crippen LogP contribution in [-0.2, 0) is 6.42 Å². The van der Waals surface area contributed by atoms with E-state index in [1.54, 1.807) is 0 Å². The number of hydrogen-bond acceptors (Lipinski definition) is 2. The van der Waals surface area contributed by atoms with Crippen molar-refractivity contribution < 1.29 is 0 Å². The van der Waals surface area contributed by atoms with E-state index in [1.807, 2.05) is 12.1 Å². The summed E-state index contributed by atoms with van der Waals surface area (Å²) in [5, 5.41) is 0. The summed E-state index contributed by atoms with van der Waals surface area (Å²) in [5.41, 5.74) is 7.99. The summed E-state index contributed by atoms with van der Waals surface area (Å²) in [7, 11) is 0. The van der Waals surface area contributed by atoms with Crippen LogP contribution < -0.4 is 5.73 Å². The summed E-state index contributed by atoms with van der Waals surface area (Å²) >= 11 is 0. The molecule has 2 N–H and O–H groups in total. The van der Waals surface area contributed by atoms with Crippen molar-refractivity contribution in [1.29, 1.82) is 0 Å². The standard InChI is InChI=1S/C16H26N2/c1-3-16-6-4-5-11-18(16)13(2)12-14-7-9-15(17)10-8-14/h7-10,13,16H,3-6,11-12,17H2,1-2H3. The Balaban J connectivity index is 1.97. The van der Waals surface area contributed by atoms with E-state index in [0.29, 0.717) is 6.04 Å². The van der Waals surface area contributed by atoms with Crippen LogP contribution in [-0.4, -0.2) is 23.5 Å². The fourth-order valence-corrected chi connectivity index (χ4v) is 3.15. The van der Waals surface area contributed by atoms with E-state index in [1.165, 1.54) is 37.8 Å². The Labute approximate surface area is 111 Å². The summed E-state index contributed by atoms with van der Waals surface area (Å²) in [5.74, 6) is 0. The zero-order valence-electron chi connectivity index (χ0n) is 11.7. The van der Waals surface area contributed by atoms with Gasteiger partial charge in [0, 0.05) is 17.8 Å². The smallest absolute Gasteiger partial charge is 0.0314 e. The van der Waals surface area contributed by atoms with Crippen LogP contribution in [0.2, 0.25) is 0 Å². The van der Waals surface area contributed by atoms with Gasteiger partial charge in [-0.05, 0) is 56.8 Å². The van der Waals surface area contributed by atoms with Crippen molar-refractivity contribution in [3.05, 3.63) is 29.8 Å².